The van der Waals surface area contributed by atoms with Gasteiger partial charge in [-0.05, 0) is 42.3 Å². The fourth-order valence-electron chi connectivity index (χ4n) is 2.69. The van der Waals surface area contributed by atoms with E-state index >= 15 is 0 Å². The maximum absolute atomic E-state index is 12.9. The van der Waals surface area contributed by atoms with Gasteiger partial charge in [0.25, 0.3) is 5.91 Å². The average molecular weight is 428 g/mol. The number of carbonyl (C=O) groups is 2. The number of thioether (sulfide) groups is 1. The average Bonchev–Trinajstić information content (AvgIpc) is 3.21. The number of halogens is 1. The van der Waals surface area contributed by atoms with Gasteiger partial charge in [0.1, 0.15) is 11.6 Å². The Morgan fingerprint density at radius 2 is 1.80 bits per heavy atom. The van der Waals surface area contributed by atoms with Gasteiger partial charge in [0, 0.05) is 11.3 Å². The molecule has 0 aliphatic rings. The molecule has 3 aromatic rings. The minimum Gasteiger partial charge on any atom is -0.342 e. The SMILES string of the molecule is CC(C)C(NC(=O)c1ccccc1)c1nc(SCC(=O)Nc2ccc(F)cc2)n[nH]1. The zero-order valence-electron chi connectivity index (χ0n) is 16.6. The molecule has 0 saturated carbocycles. The Labute approximate surface area is 177 Å². The lowest BCUT2D eigenvalue weighted by Crippen LogP contribution is -2.32. The molecular formula is C21H22FN5O2S. The van der Waals surface area contributed by atoms with Crippen molar-refractivity contribution in [3.05, 3.63) is 71.8 Å². The summed E-state index contributed by atoms with van der Waals surface area (Å²) in [4.78, 5) is 29.0. The van der Waals surface area contributed by atoms with Crippen molar-refractivity contribution in [1.29, 1.82) is 0 Å². The third-order valence-corrected chi connectivity index (χ3v) is 5.07. The van der Waals surface area contributed by atoms with E-state index in [4.69, 9.17) is 0 Å². The third-order valence-electron chi connectivity index (χ3n) is 4.23. The first-order valence-electron chi connectivity index (χ1n) is 9.39. The third kappa shape index (κ3) is 5.90. The minimum atomic E-state index is -0.366. The number of rotatable bonds is 8. The maximum atomic E-state index is 12.9. The van der Waals surface area contributed by atoms with E-state index in [9.17, 15) is 14.0 Å². The minimum absolute atomic E-state index is 0.0743. The van der Waals surface area contributed by atoms with Crippen molar-refractivity contribution in [2.45, 2.75) is 25.0 Å². The second-order valence-corrected chi connectivity index (χ2v) is 7.85. The fraction of sp³-hybridized carbons (Fsp3) is 0.238. The highest BCUT2D eigenvalue weighted by molar-refractivity contribution is 7.99. The molecule has 1 heterocycles. The van der Waals surface area contributed by atoms with E-state index in [1.54, 1.807) is 24.3 Å². The molecule has 0 bridgehead atoms. The van der Waals surface area contributed by atoms with Crippen molar-refractivity contribution in [3.8, 4) is 0 Å². The van der Waals surface area contributed by atoms with E-state index in [1.165, 1.54) is 24.3 Å². The van der Waals surface area contributed by atoms with Crippen LogP contribution in [-0.2, 0) is 4.79 Å². The first-order valence-corrected chi connectivity index (χ1v) is 10.4. The van der Waals surface area contributed by atoms with Gasteiger partial charge < -0.3 is 10.6 Å². The summed E-state index contributed by atoms with van der Waals surface area (Å²) in [6, 6.07) is 14.1. The van der Waals surface area contributed by atoms with Crippen LogP contribution in [0.4, 0.5) is 10.1 Å². The van der Waals surface area contributed by atoms with Crippen molar-refractivity contribution in [2.24, 2.45) is 5.92 Å². The van der Waals surface area contributed by atoms with E-state index in [-0.39, 0.29) is 35.3 Å². The summed E-state index contributed by atoms with van der Waals surface area (Å²) in [5.74, 6) is -0.123. The van der Waals surface area contributed by atoms with Gasteiger partial charge in [0.2, 0.25) is 11.1 Å². The van der Waals surface area contributed by atoms with Gasteiger partial charge in [0.15, 0.2) is 0 Å². The summed E-state index contributed by atoms with van der Waals surface area (Å²) in [5.41, 5.74) is 1.08. The van der Waals surface area contributed by atoms with E-state index in [0.29, 0.717) is 22.2 Å². The van der Waals surface area contributed by atoms with Gasteiger partial charge in [-0.1, -0.05) is 43.8 Å². The summed E-state index contributed by atoms with van der Waals surface area (Å²) in [7, 11) is 0. The second-order valence-electron chi connectivity index (χ2n) is 6.91. The van der Waals surface area contributed by atoms with Gasteiger partial charge in [-0.25, -0.2) is 9.37 Å². The molecule has 0 saturated heterocycles. The zero-order valence-corrected chi connectivity index (χ0v) is 17.4. The number of hydrogen-bond donors (Lipinski definition) is 3. The number of H-pyrrole nitrogens is 1. The Morgan fingerprint density at radius 1 is 1.10 bits per heavy atom. The van der Waals surface area contributed by atoms with Crippen LogP contribution in [0.25, 0.3) is 0 Å². The van der Waals surface area contributed by atoms with Gasteiger partial charge >= 0.3 is 0 Å². The molecule has 156 valence electrons. The lowest BCUT2D eigenvalue weighted by molar-refractivity contribution is -0.113. The Morgan fingerprint density at radius 3 is 2.47 bits per heavy atom. The van der Waals surface area contributed by atoms with Crippen molar-refractivity contribution < 1.29 is 14.0 Å². The smallest absolute Gasteiger partial charge is 0.251 e. The number of anilines is 1. The van der Waals surface area contributed by atoms with E-state index in [2.05, 4.69) is 25.8 Å². The van der Waals surface area contributed by atoms with Crippen LogP contribution < -0.4 is 10.6 Å². The number of aromatic nitrogens is 3. The summed E-state index contributed by atoms with van der Waals surface area (Å²) in [6.07, 6.45) is 0. The zero-order chi connectivity index (χ0) is 21.5. The summed E-state index contributed by atoms with van der Waals surface area (Å²) < 4.78 is 12.9. The highest BCUT2D eigenvalue weighted by Gasteiger charge is 2.23. The van der Waals surface area contributed by atoms with Crippen LogP contribution >= 0.6 is 11.8 Å². The van der Waals surface area contributed by atoms with Crippen LogP contribution in [0.15, 0.2) is 59.8 Å². The van der Waals surface area contributed by atoms with Gasteiger partial charge in [0.05, 0.1) is 11.8 Å². The molecule has 0 fully saturated rings. The number of amides is 2. The highest BCUT2D eigenvalue weighted by Crippen LogP contribution is 2.22. The predicted octanol–water partition coefficient (Wildman–Crippen LogP) is 3.80. The van der Waals surface area contributed by atoms with Crippen molar-refractivity contribution >= 4 is 29.3 Å². The largest absolute Gasteiger partial charge is 0.342 e. The fourth-order valence-corrected chi connectivity index (χ4v) is 3.29. The van der Waals surface area contributed by atoms with E-state index in [0.717, 1.165) is 11.8 Å². The van der Waals surface area contributed by atoms with Crippen LogP contribution in [-0.4, -0.2) is 32.7 Å². The molecule has 0 aliphatic heterocycles. The number of carbonyl (C=O) groups excluding carboxylic acids is 2. The van der Waals surface area contributed by atoms with Crippen molar-refractivity contribution in [1.82, 2.24) is 20.5 Å². The summed E-state index contributed by atoms with van der Waals surface area (Å²) >= 11 is 1.16. The van der Waals surface area contributed by atoms with Gasteiger partial charge in [-0.3, -0.25) is 14.7 Å². The molecule has 0 spiro atoms. The number of hydrogen-bond acceptors (Lipinski definition) is 5. The normalized spacial score (nSPS) is 11.9. The summed E-state index contributed by atoms with van der Waals surface area (Å²) in [6.45, 7) is 3.95. The molecule has 2 aromatic carbocycles. The molecule has 1 aromatic heterocycles. The first-order chi connectivity index (χ1) is 14.4. The molecule has 3 N–H and O–H groups in total. The number of nitrogens with zero attached hydrogens (tertiary/aromatic N) is 2. The van der Waals surface area contributed by atoms with E-state index < -0.39 is 0 Å². The lowest BCUT2D eigenvalue weighted by Gasteiger charge is -2.19. The Kier molecular flexibility index (Phi) is 7.18. The molecule has 1 atom stereocenters. The Bertz CT molecular complexity index is 992. The van der Waals surface area contributed by atoms with Crippen molar-refractivity contribution in [3.63, 3.8) is 0 Å². The topological polar surface area (TPSA) is 99.8 Å². The quantitative estimate of drug-likeness (QED) is 0.475. The highest BCUT2D eigenvalue weighted by atomic mass is 32.2. The standard InChI is InChI=1S/C21H22FN5O2S/c1-13(2)18(24-20(29)14-6-4-3-5-7-14)19-25-21(27-26-19)30-12-17(28)23-16-10-8-15(22)9-11-16/h3-11,13,18H,12H2,1-2H3,(H,23,28)(H,24,29)(H,25,26,27). The molecule has 0 radical (unpaired) electrons. The molecular weight excluding hydrogens is 405 g/mol. The Hall–Kier alpha value is -3.20. The van der Waals surface area contributed by atoms with Crippen LogP contribution in [0.2, 0.25) is 0 Å². The summed E-state index contributed by atoms with van der Waals surface area (Å²) in [5, 5.41) is 13.0. The van der Waals surface area contributed by atoms with E-state index in [1.807, 2.05) is 19.9 Å². The predicted molar refractivity (Wildman–Crippen MR) is 114 cm³/mol. The number of nitrogens with one attached hydrogen (secondary N) is 3. The molecule has 1 unspecified atom stereocenters. The molecule has 30 heavy (non-hydrogen) atoms. The van der Waals surface area contributed by atoms with Crippen LogP contribution in [0.5, 0.6) is 0 Å². The Balaban J connectivity index is 1.58. The number of aromatic amines is 1. The van der Waals surface area contributed by atoms with Crippen LogP contribution in [0, 0.1) is 11.7 Å². The first kappa shape index (κ1) is 21.5. The van der Waals surface area contributed by atoms with Gasteiger partial charge in [-0.2, -0.15) is 0 Å². The molecule has 9 heteroatoms. The van der Waals surface area contributed by atoms with Crippen LogP contribution in [0.1, 0.15) is 36.1 Å². The molecule has 2 amide bonds. The molecule has 0 aliphatic carbocycles. The second kappa shape index (κ2) is 10.0. The monoisotopic (exact) mass is 427 g/mol. The molecule has 7 nitrogen and oxygen atoms in total. The maximum Gasteiger partial charge on any atom is 0.251 e. The number of benzene rings is 2. The molecule has 3 rings (SSSR count). The van der Waals surface area contributed by atoms with Gasteiger partial charge in [-0.15, -0.1) is 5.10 Å². The van der Waals surface area contributed by atoms with Crippen molar-refractivity contribution in [2.75, 3.05) is 11.1 Å². The lowest BCUT2D eigenvalue weighted by atomic mass is 10.0. The van der Waals surface area contributed by atoms with Crippen LogP contribution in [0.3, 0.4) is 0 Å².